The molecule has 1 aliphatic carbocycles. The van der Waals surface area contributed by atoms with Gasteiger partial charge in [-0.3, -0.25) is 0 Å². The van der Waals surface area contributed by atoms with Gasteiger partial charge in [-0.1, -0.05) is 35.9 Å². The van der Waals surface area contributed by atoms with Crippen LogP contribution in [0.5, 0.6) is 5.75 Å². The summed E-state index contributed by atoms with van der Waals surface area (Å²) in [6.45, 7) is 0. The molecular weight excluding hydrogens is 244 g/mol. The van der Waals surface area contributed by atoms with Crippen LogP contribution in [0.2, 0.25) is 5.02 Å². The van der Waals surface area contributed by atoms with E-state index >= 15 is 0 Å². The lowest BCUT2D eigenvalue weighted by Gasteiger charge is -2.29. The number of ether oxygens (including phenoxy) is 1. The first kappa shape index (κ1) is 10.5. The summed E-state index contributed by atoms with van der Waals surface area (Å²) >= 11 is 6.05. The van der Waals surface area contributed by atoms with E-state index in [0.29, 0.717) is 5.92 Å². The van der Waals surface area contributed by atoms with Gasteiger partial charge in [-0.15, -0.1) is 0 Å². The van der Waals surface area contributed by atoms with Gasteiger partial charge in [0.25, 0.3) is 0 Å². The normalized spacial score (nSPS) is 23.8. The summed E-state index contributed by atoms with van der Waals surface area (Å²) in [6, 6.07) is 14.6. The molecule has 0 amide bonds. The Kier molecular flexibility index (Phi) is 2.18. The Hall–Kier alpha value is -1.47. The second kappa shape index (κ2) is 3.76. The molecular formula is C16H13ClO. The Balaban J connectivity index is 1.77. The molecule has 0 radical (unpaired) electrons. The highest BCUT2D eigenvalue weighted by Crippen LogP contribution is 2.46. The van der Waals surface area contributed by atoms with Gasteiger partial charge in [0.1, 0.15) is 11.9 Å². The number of hydrogen-bond acceptors (Lipinski definition) is 1. The molecule has 2 aromatic rings. The van der Waals surface area contributed by atoms with Crippen LogP contribution in [0.25, 0.3) is 0 Å². The monoisotopic (exact) mass is 256 g/mol. The van der Waals surface area contributed by atoms with E-state index in [-0.39, 0.29) is 6.10 Å². The van der Waals surface area contributed by atoms with Gasteiger partial charge in [0.2, 0.25) is 0 Å². The fraction of sp³-hybridized carbons (Fsp3) is 0.250. The van der Waals surface area contributed by atoms with E-state index in [0.717, 1.165) is 23.6 Å². The molecule has 1 aliphatic heterocycles. The predicted molar refractivity (Wildman–Crippen MR) is 72.2 cm³/mol. The molecule has 2 heteroatoms. The Morgan fingerprint density at radius 2 is 1.83 bits per heavy atom. The van der Waals surface area contributed by atoms with E-state index in [9.17, 15) is 0 Å². The molecule has 90 valence electrons. The van der Waals surface area contributed by atoms with E-state index in [1.807, 2.05) is 18.2 Å². The third-order valence-corrected chi connectivity index (χ3v) is 4.27. The smallest absolute Gasteiger partial charge is 0.127 e. The van der Waals surface area contributed by atoms with Crippen molar-refractivity contribution < 1.29 is 4.74 Å². The molecule has 0 aromatic heterocycles. The summed E-state index contributed by atoms with van der Waals surface area (Å²) in [6.07, 6.45) is 2.41. The highest BCUT2D eigenvalue weighted by Gasteiger charge is 2.37. The molecule has 0 saturated carbocycles. The molecule has 0 N–H and O–H groups in total. The van der Waals surface area contributed by atoms with Gasteiger partial charge < -0.3 is 4.74 Å². The van der Waals surface area contributed by atoms with Gasteiger partial charge in [-0.2, -0.15) is 0 Å². The maximum absolute atomic E-state index is 6.18. The van der Waals surface area contributed by atoms with Crippen molar-refractivity contribution in [3.8, 4) is 5.75 Å². The van der Waals surface area contributed by atoms with E-state index in [1.54, 1.807) is 0 Å². The van der Waals surface area contributed by atoms with Gasteiger partial charge in [-0.05, 0) is 47.7 Å². The Morgan fingerprint density at radius 1 is 1.00 bits per heavy atom. The fourth-order valence-electron chi connectivity index (χ4n) is 3.22. The topological polar surface area (TPSA) is 9.23 Å². The van der Waals surface area contributed by atoms with Crippen molar-refractivity contribution >= 4 is 11.6 Å². The average Bonchev–Trinajstić information content (AvgIpc) is 2.73. The molecule has 2 aliphatic rings. The second-order valence-electron chi connectivity index (χ2n) is 5.16. The first-order chi connectivity index (χ1) is 8.81. The molecule has 18 heavy (non-hydrogen) atoms. The van der Waals surface area contributed by atoms with Crippen LogP contribution in [-0.2, 0) is 12.8 Å². The van der Waals surface area contributed by atoms with Crippen molar-refractivity contribution in [2.75, 3.05) is 0 Å². The molecule has 4 rings (SSSR count). The SMILES string of the molecule is Clc1ccc2c(c1)C[C@@H]1Cc3ccccc3[C@@H]1O2. The minimum absolute atomic E-state index is 0.231. The molecule has 0 bridgehead atoms. The van der Waals surface area contributed by atoms with Crippen LogP contribution in [0.1, 0.15) is 22.8 Å². The second-order valence-corrected chi connectivity index (χ2v) is 5.59. The lowest BCUT2D eigenvalue weighted by Crippen LogP contribution is -2.22. The molecule has 0 saturated heterocycles. The number of halogens is 1. The Labute approximate surface area is 111 Å². The zero-order valence-electron chi connectivity index (χ0n) is 9.90. The number of benzene rings is 2. The summed E-state index contributed by atoms with van der Waals surface area (Å²) in [7, 11) is 0. The third kappa shape index (κ3) is 1.47. The van der Waals surface area contributed by atoms with Gasteiger partial charge in [0.05, 0.1) is 0 Å². The maximum Gasteiger partial charge on any atom is 0.127 e. The first-order valence-corrected chi connectivity index (χ1v) is 6.72. The zero-order valence-corrected chi connectivity index (χ0v) is 10.7. The van der Waals surface area contributed by atoms with E-state index in [2.05, 4.69) is 24.3 Å². The molecule has 2 aromatic carbocycles. The van der Waals surface area contributed by atoms with Crippen molar-refractivity contribution in [1.82, 2.24) is 0 Å². The summed E-state index contributed by atoms with van der Waals surface area (Å²) < 4.78 is 6.18. The van der Waals surface area contributed by atoms with Gasteiger partial charge in [-0.25, -0.2) is 0 Å². The lowest BCUT2D eigenvalue weighted by molar-refractivity contribution is 0.128. The van der Waals surface area contributed by atoms with Crippen molar-refractivity contribution in [3.63, 3.8) is 0 Å². The van der Waals surface area contributed by atoms with Gasteiger partial charge in [0.15, 0.2) is 0 Å². The average molecular weight is 257 g/mol. The van der Waals surface area contributed by atoms with Crippen LogP contribution in [0.3, 0.4) is 0 Å². The van der Waals surface area contributed by atoms with E-state index in [1.165, 1.54) is 16.7 Å². The Bertz CT molecular complexity index is 620. The van der Waals surface area contributed by atoms with Crippen LogP contribution < -0.4 is 4.74 Å². The number of fused-ring (bicyclic) bond motifs is 4. The van der Waals surface area contributed by atoms with Crippen molar-refractivity contribution in [2.45, 2.75) is 18.9 Å². The molecule has 2 atom stereocenters. The molecule has 0 spiro atoms. The molecule has 0 fully saturated rings. The highest BCUT2D eigenvalue weighted by molar-refractivity contribution is 6.30. The van der Waals surface area contributed by atoms with Crippen molar-refractivity contribution in [3.05, 3.63) is 64.2 Å². The standard InChI is InChI=1S/C16H13ClO/c17-13-5-6-15-11(9-13)8-12-7-10-3-1-2-4-14(10)16(12)18-15/h1-6,9,12,16H,7-8H2/t12-,16+/m0/s1. The highest BCUT2D eigenvalue weighted by atomic mass is 35.5. The van der Waals surface area contributed by atoms with Crippen molar-refractivity contribution in [1.29, 1.82) is 0 Å². The Morgan fingerprint density at radius 3 is 2.78 bits per heavy atom. The van der Waals surface area contributed by atoms with Crippen LogP contribution in [0.15, 0.2) is 42.5 Å². The zero-order chi connectivity index (χ0) is 12.1. The molecule has 1 nitrogen and oxygen atoms in total. The maximum atomic E-state index is 6.18. The van der Waals surface area contributed by atoms with E-state index in [4.69, 9.17) is 16.3 Å². The molecule has 1 heterocycles. The van der Waals surface area contributed by atoms with Gasteiger partial charge >= 0.3 is 0 Å². The van der Waals surface area contributed by atoms with Crippen LogP contribution in [-0.4, -0.2) is 0 Å². The van der Waals surface area contributed by atoms with Crippen LogP contribution >= 0.6 is 11.6 Å². The summed E-state index contributed by atoms with van der Waals surface area (Å²) in [5, 5.41) is 0.798. The third-order valence-electron chi connectivity index (χ3n) is 4.03. The minimum atomic E-state index is 0.231. The summed E-state index contributed by atoms with van der Waals surface area (Å²) in [5.74, 6) is 1.56. The quantitative estimate of drug-likeness (QED) is 0.687. The van der Waals surface area contributed by atoms with Crippen LogP contribution in [0, 0.1) is 5.92 Å². The van der Waals surface area contributed by atoms with Gasteiger partial charge in [0, 0.05) is 10.9 Å². The molecule has 0 unspecified atom stereocenters. The number of hydrogen-bond donors (Lipinski definition) is 0. The van der Waals surface area contributed by atoms with E-state index < -0.39 is 0 Å². The summed E-state index contributed by atoms with van der Waals surface area (Å²) in [5.41, 5.74) is 4.05. The number of rotatable bonds is 0. The predicted octanol–water partition coefficient (Wildman–Crippen LogP) is 4.19. The largest absolute Gasteiger partial charge is 0.485 e. The van der Waals surface area contributed by atoms with Crippen LogP contribution in [0.4, 0.5) is 0 Å². The first-order valence-electron chi connectivity index (χ1n) is 6.34. The summed E-state index contributed by atoms with van der Waals surface area (Å²) in [4.78, 5) is 0. The lowest BCUT2D eigenvalue weighted by atomic mass is 9.91. The minimum Gasteiger partial charge on any atom is -0.485 e. The van der Waals surface area contributed by atoms with Crippen molar-refractivity contribution in [2.24, 2.45) is 5.92 Å². The fourth-order valence-corrected chi connectivity index (χ4v) is 3.42.